The van der Waals surface area contributed by atoms with E-state index in [0.29, 0.717) is 12.2 Å². The molecule has 0 fully saturated rings. The van der Waals surface area contributed by atoms with E-state index in [1.807, 2.05) is 41.3 Å². The smallest absolute Gasteiger partial charge is 0.414 e. The maximum absolute atomic E-state index is 11.0. The Kier molecular flexibility index (Phi) is 3.88. The van der Waals surface area contributed by atoms with Crippen molar-refractivity contribution in [2.24, 2.45) is 0 Å². The summed E-state index contributed by atoms with van der Waals surface area (Å²) in [5.41, 5.74) is 2.33. The SMILES string of the molecule is Cc1nc(Cn2nc(-c3nc(N(C)C(=O)O)no3)c3ccccc32)cs1. The number of thiazole rings is 1. The van der Waals surface area contributed by atoms with E-state index in [4.69, 9.17) is 9.63 Å². The van der Waals surface area contributed by atoms with Gasteiger partial charge in [0.15, 0.2) is 5.69 Å². The van der Waals surface area contributed by atoms with E-state index < -0.39 is 6.09 Å². The normalized spacial score (nSPS) is 11.2. The average Bonchev–Trinajstić information content (AvgIpc) is 3.34. The molecule has 0 saturated carbocycles. The third kappa shape index (κ3) is 2.80. The van der Waals surface area contributed by atoms with E-state index in [0.717, 1.165) is 26.5 Å². The Morgan fingerprint density at radius 1 is 1.35 bits per heavy atom. The first-order valence-electron chi connectivity index (χ1n) is 7.70. The minimum absolute atomic E-state index is 0.0405. The van der Waals surface area contributed by atoms with Gasteiger partial charge in [0.25, 0.3) is 11.8 Å². The molecule has 10 heteroatoms. The molecular weight excluding hydrogens is 356 g/mol. The molecule has 3 aromatic heterocycles. The minimum atomic E-state index is -1.17. The Hall–Kier alpha value is -3.27. The number of aryl methyl sites for hydroxylation is 1. The lowest BCUT2D eigenvalue weighted by Crippen LogP contribution is -2.24. The molecule has 0 aliphatic heterocycles. The van der Waals surface area contributed by atoms with Crippen LogP contribution in [0.3, 0.4) is 0 Å². The van der Waals surface area contributed by atoms with Crippen molar-refractivity contribution in [1.82, 2.24) is 24.9 Å². The first-order chi connectivity index (χ1) is 12.5. The van der Waals surface area contributed by atoms with Gasteiger partial charge in [-0.05, 0) is 18.1 Å². The van der Waals surface area contributed by atoms with E-state index in [-0.39, 0.29) is 11.8 Å². The molecule has 0 unspecified atom stereocenters. The number of anilines is 1. The quantitative estimate of drug-likeness (QED) is 0.588. The molecule has 132 valence electrons. The minimum Gasteiger partial charge on any atom is -0.465 e. The first kappa shape index (κ1) is 16.2. The van der Waals surface area contributed by atoms with Crippen LogP contribution in [-0.2, 0) is 6.54 Å². The molecule has 1 aromatic carbocycles. The summed E-state index contributed by atoms with van der Waals surface area (Å²) in [6, 6.07) is 7.68. The van der Waals surface area contributed by atoms with Gasteiger partial charge in [0, 0.05) is 17.8 Å². The van der Waals surface area contributed by atoms with Crippen molar-refractivity contribution in [3.8, 4) is 11.6 Å². The van der Waals surface area contributed by atoms with E-state index in [2.05, 4.69) is 20.2 Å². The molecular formula is C16H14N6O3S. The Balaban J connectivity index is 1.77. The largest absolute Gasteiger partial charge is 0.465 e. The second-order valence-electron chi connectivity index (χ2n) is 5.62. The van der Waals surface area contributed by atoms with Crippen LogP contribution < -0.4 is 4.90 Å². The van der Waals surface area contributed by atoms with Crippen LogP contribution in [0, 0.1) is 6.92 Å². The van der Waals surface area contributed by atoms with E-state index in [9.17, 15) is 4.79 Å². The zero-order chi connectivity index (χ0) is 18.3. The third-order valence-corrected chi connectivity index (χ3v) is 4.66. The molecule has 1 amide bonds. The molecule has 4 aromatic rings. The maximum atomic E-state index is 11.0. The molecule has 0 aliphatic rings. The van der Waals surface area contributed by atoms with Gasteiger partial charge < -0.3 is 9.63 Å². The van der Waals surface area contributed by atoms with Gasteiger partial charge in [-0.2, -0.15) is 10.1 Å². The summed E-state index contributed by atoms with van der Waals surface area (Å²) in [6.07, 6.45) is -1.17. The number of hydrogen-bond donors (Lipinski definition) is 1. The van der Waals surface area contributed by atoms with Gasteiger partial charge in [0.05, 0.1) is 22.8 Å². The number of carboxylic acid groups (broad SMARTS) is 1. The summed E-state index contributed by atoms with van der Waals surface area (Å²) in [5.74, 6) is 0.124. The highest BCUT2D eigenvalue weighted by Gasteiger charge is 2.21. The number of rotatable bonds is 4. The number of nitrogens with zero attached hydrogens (tertiary/aromatic N) is 6. The number of benzene rings is 1. The number of amides is 1. The highest BCUT2D eigenvalue weighted by molar-refractivity contribution is 7.09. The number of hydrogen-bond acceptors (Lipinski definition) is 7. The van der Waals surface area contributed by atoms with Crippen molar-refractivity contribution in [3.05, 3.63) is 40.3 Å². The van der Waals surface area contributed by atoms with Crippen LogP contribution in [0.1, 0.15) is 10.7 Å². The van der Waals surface area contributed by atoms with Crippen molar-refractivity contribution < 1.29 is 14.4 Å². The van der Waals surface area contributed by atoms with Gasteiger partial charge in [-0.1, -0.05) is 18.2 Å². The predicted molar refractivity (Wildman–Crippen MR) is 95.4 cm³/mol. The molecule has 26 heavy (non-hydrogen) atoms. The fraction of sp³-hybridized carbons (Fsp3) is 0.188. The summed E-state index contributed by atoms with van der Waals surface area (Å²) in [7, 11) is 1.35. The predicted octanol–water partition coefficient (Wildman–Crippen LogP) is 3.01. The topological polar surface area (TPSA) is 110 Å². The van der Waals surface area contributed by atoms with Crippen molar-refractivity contribution >= 4 is 34.3 Å². The standard InChI is InChI=1S/C16H14N6O3S/c1-9-17-10(8-26-9)7-22-12-6-4-3-5-11(12)13(19-22)14-18-15(20-25-14)21(2)16(23)24/h3-6,8H,7H2,1-2H3,(H,23,24). The molecule has 9 nitrogen and oxygen atoms in total. The lowest BCUT2D eigenvalue weighted by Gasteiger charge is -2.04. The monoisotopic (exact) mass is 370 g/mol. The lowest BCUT2D eigenvalue weighted by molar-refractivity contribution is 0.202. The Labute approximate surface area is 151 Å². The zero-order valence-corrected chi connectivity index (χ0v) is 14.8. The van der Waals surface area contributed by atoms with Crippen LogP contribution in [0.5, 0.6) is 0 Å². The molecule has 0 aliphatic carbocycles. The summed E-state index contributed by atoms with van der Waals surface area (Å²) < 4.78 is 7.07. The van der Waals surface area contributed by atoms with Crippen LogP contribution in [0.25, 0.3) is 22.5 Å². The first-order valence-corrected chi connectivity index (χ1v) is 8.58. The van der Waals surface area contributed by atoms with Gasteiger partial charge in [-0.15, -0.1) is 11.3 Å². The van der Waals surface area contributed by atoms with Gasteiger partial charge >= 0.3 is 6.09 Å². The fourth-order valence-corrected chi connectivity index (χ4v) is 3.18. The van der Waals surface area contributed by atoms with Gasteiger partial charge in [0.2, 0.25) is 0 Å². The Morgan fingerprint density at radius 3 is 2.88 bits per heavy atom. The van der Waals surface area contributed by atoms with Crippen molar-refractivity contribution in [1.29, 1.82) is 0 Å². The van der Waals surface area contributed by atoms with Crippen LogP contribution in [-0.4, -0.2) is 43.2 Å². The number of fused-ring (bicyclic) bond motifs is 1. The molecule has 0 atom stereocenters. The molecule has 0 bridgehead atoms. The van der Waals surface area contributed by atoms with Crippen LogP contribution in [0.15, 0.2) is 34.2 Å². The zero-order valence-electron chi connectivity index (χ0n) is 13.9. The van der Waals surface area contributed by atoms with Crippen molar-refractivity contribution in [3.63, 3.8) is 0 Å². The highest BCUT2D eigenvalue weighted by Crippen LogP contribution is 2.28. The third-order valence-electron chi connectivity index (χ3n) is 3.84. The summed E-state index contributed by atoms with van der Waals surface area (Å²) >= 11 is 1.59. The molecule has 0 radical (unpaired) electrons. The number of para-hydroxylation sites is 1. The van der Waals surface area contributed by atoms with E-state index in [1.54, 1.807) is 11.3 Å². The summed E-state index contributed by atoms with van der Waals surface area (Å²) in [5, 5.41) is 21.2. The Morgan fingerprint density at radius 2 is 2.15 bits per heavy atom. The van der Waals surface area contributed by atoms with Crippen molar-refractivity contribution in [2.45, 2.75) is 13.5 Å². The van der Waals surface area contributed by atoms with Gasteiger partial charge in [0.1, 0.15) is 0 Å². The van der Waals surface area contributed by atoms with E-state index >= 15 is 0 Å². The number of aromatic nitrogens is 5. The molecule has 0 spiro atoms. The number of carbonyl (C=O) groups is 1. The Bertz CT molecular complexity index is 1100. The van der Waals surface area contributed by atoms with Crippen LogP contribution >= 0.6 is 11.3 Å². The second-order valence-corrected chi connectivity index (χ2v) is 6.68. The molecule has 0 saturated heterocycles. The van der Waals surface area contributed by atoms with E-state index in [1.165, 1.54) is 7.05 Å². The average molecular weight is 370 g/mol. The van der Waals surface area contributed by atoms with Crippen molar-refractivity contribution in [2.75, 3.05) is 11.9 Å². The highest BCUT2D eigenvalue weighted by atomic mass is 32.1. The van der Waals surface area contributed by atoms with Crippen LogP contribution in [0.2, 0.25) is 0 Å². The molecule has 1 N–H and O–H groups in total. The fourth-order valence-electron chi connectivity index (χ4n) is 2.57. The lowest BCUT2D eigenvalue weighted by atomic mass is 10.2. The summed E-state index contributed by atoms with van der Waals surface area (Å²) in [6.45, 7) is 2.47. The summed E-state index contributed by atoms with van der Waals surface area (Å²) in [4.78, 5) is 20.6. The maximum Gasteiger partial charge on any atom is 0.414 e. The van der Waals surface area contributed by atoms with Gasteiger partial charge in [-0.25, -0.2) is 14.7 Å². The van der Waals surface area contributed by atoms with Gasteiger partial charge in [-0.3, -0.25) is 4.68 Å². The second kappa shape index (κ2) is 6.23. The molecule has 3 heterocycles. The molecule has 4 rings (SSSR count). The van der Waals surface area contributed by atoms with Crippen LogP contribution in [0.4, 0.5) is 10.7 Å².